The zero-order valence-electron chi connectivity index (χ0n) is 10.2. The Morgan fingerprint density at radius 2 is 2.37 bits per heavy atom. The maximum Gasteiger partial charge on any atom is 0.338 e. The van der Waals surface area contributed by atoms with Crippen LogP contribution in [0.15, 0.2) is 28.8 Å². The number of carbonyl (C=O) groups excluding carboxylic acids is 2. The molecule has 2 N–H and O–H groups in total. The van der Waals surface area contributed by atoms with Gasteiger partial charge in [0.1, 0.15) is 0 Å². The van der Waals surface area contributed by atoms with Gasteiger partial charge in [-0.2, -0.15) is 0 Å². The van der Waals surface area contributed by atoms with Crippen molar-refractivity contribution in [2.75, 3.05) is 11.9 Å². The molecule has 0 bridgehead atoms. The van der Waals surface area contributed by atoms with Gasteiger partial charge in [-0.25, -0.2) is 9.59 Å². The Morgan fingerprint density at radius 3 is 2.95 bits per heavy atom. The molecule has 1 aliphatic rings. The standard InChI is InChI=1S/C12H13BrN2O3S/c1-2-18-11(16)9-7(6-13)14-12(17)15-10(9)8-4-3-5-19-8/h3-5,10H,2,6H2,1H3,(H2,14,15,17). The smallest absolute Gasteiger partial charge is 0.338 e. The normalized spacial score (nSPS) is 18.8. The van der Waals surface area contributed by atoms with Crippen LogP contribution in [0.1, 0.15) is 17.8 Å². The van der Waals surface area contributed by atoms with E-state index >= 15 is 0 Å². The second kappa shape index (κ2) is 6.21. The van der Waals surface area contributed by atoms with E-state index in [-0.39, 0.29) is 6.03 Å². The zero-order valence-corrected chi connectivity index (χ0v) is 12.6. The number of halogens is 1. The molecule has 5 nitrogen and oxygen atoms in total. The van der Waals surface area contributed by atoms with Gasteiger partial charge >= 0.3 is 12.0 Å². The molecule has 0 saturated carbocycles. The molecule has 1 aromatic heterocycles. The lowest BCUT2D eigenvalue weighted by Gasteiger charge is -2.27. The molecule has 0 spiro atoms. The van der Waals surface area contributed by atoms with Gasteiger partial charge in [-0.3, -0.25) is 0 Å². The Kier molecular flexibility index (Phi) is 4.60. The van der Waals surface area contributed by atoms with Crippen LogP contribution in [-0.2, 0) is 9.53 Å². The minimum absolute atomic E-state index is 0.295. The molecule has 1 unspecified atom stereocenters. The fourth-order valence-corrected chi connectivity index (χ4v) is 3.07. The third-order valence-corrected chi connectivity index (χ3v) is 4.11. The topological polar surface area (TPSA) is 67.4 Å². The number of amides is 2. The quantitative estimate of drug-likeness (QED) is 0.650. The number of ether oxygens (including phenoxy) is 1. The summed E-state index contributed by atoms with van der Waals surface area (Å²) >= 11 is 4.77. The van der Waals surface area contributed by atoms with Crippen LogP contribution < -0.4 is 10.6 Å². The average Bonchev–Trinajstić information content (AvgIpc) is 2.91. The van der Waals surface area contributed by atoms with Crippen LogP contribution in [0.5, 0.6) is 0 Å². The molecular weight excluding hydrogens is 332 g/mol. The highest BCUT2D eigenvalue weighted by atomic mass is 79.9. The number of thiophene rings is 1. The highest BCUT2D eigenvalue weighted by Gasteiger charge is 2.33. The van der Waals surface area contributed by atoms with Crippen LogP contribution in [-0.4, -0.2) is 23.9 Å². The lowest BCUT2D eigenvalue weighted by atomic mass is 10.0. The number of rotatable bonds is 4. The monoisotopic (exact) mass is 344 g/mol. The number of esters is 1. The summed E-state index contributed by atoms with van der Waals surface area (Å²) in [6.07, 6.45) is 0. The molecule has 0 fully saturated rings. The van der Waals surface area contributed by atoms with E-state index in [9.17, 15) is 9.59 Å². The number of nitrogens with one attached hydrogen (secondary N) is 2. The Balaban J connectivity index is 2.43. The minimum atomic E-state index is -0.458. The fourth-order valence-electron chi connectivity index (χ4n) is 1.84. The molecule has 2 amide bonds. The van der Waals surface area contributed by atoms with E-state index in [0.29, 0.717) is 23.2 Å². The average molecular weight is 345 g/mol. The minimum Gasteiger partial charge on any atom is -0.463 e. The van der Waals surface area contributed by atoms with Crippen molar-refractivity contribution in [2.45, 2.75) is 13.0 Å². The lowest BCUT2D eigenvalue weighted by molar-refractivity contribution is -0.139. The van der Waals surface area contributed by atoms with E-state index in [1.165, 1.54) is 11.3 Å². The molecule has 2 rings (SSSR count). The number of carbonyl (C=O) groups is 2. The first-order valence-electron chi connectivity index (χ1n) is 5.74. The van der Waals surface area contributed by atoms with Crippen LogP contribution in [0.3, 0.4) is 0 Å². The Hall–Kier alpha value is -1.34. The summed E-state index contributed by atoms with van der Waals surface area (Å²) in [6.45, 7) is 2.05. The summed E-state index contributed by atoms with van der Waals surface area (Å²) in [4.78, 5) is 24.6. The van der Waals surface area contributed by atoms with Gasteiger partial charge in [-0.05, 0) is 18.4 Å². The van der Waals surface area contributed by atoms with E-state index in [1.807, 2.05) is 17.5 Å². The van der Waals surface area contributed by atoms with Gasteiger partial charge in [0.05, 0.1) is 18.2 Å². The summed E-state index contributed by atoms with van der Waals surface area (Å²) in [5.41, 5.74) is 0.987. The fraction of sp³-hybridized carbons (Fsp3) is 0.333. The van der Waals surface area contributed by atoms with Crippen LogP contribution in [0, 0.1) is 0 Å². The second-order valence-corrected chi connectivity index (χ2v) is 5.33. The van der Waals surface area contributed by atoms with E-state index in [0.717, 1.165) is 4.88 Å². The van der Waals surface area contributed by atoms with Crippen molar-refractivity contribution in [2.24, 2.45) is 0 Å². The summed E-state index contributed by atoms with van der Waals surface area (Å²) in [7, 11) is 0. The summed E-state index contributed by atoms with van der Waals surface area (Å²) < 4.78 is 5.07. The predicted molar refractivity (Wildman–Crippen MR) is 76.2 cm³/mol. The molecule has 102 valence electrons. The molecule has 1 atom stereocenters. The maximum absolute atomic E-state index is 12.1. The van der Waals surface area contributed by atoms with Crippen molar-refractivity contribution < 1.29 is 14.3 Å². The van der Waals surface area contributed by atoms with Gasteiger partial charge < -0.3 is 15.4 Å². The highest BCUT2D eigenvalue weighted by Crippen LogP contribution is 2.30. The van der Waals surface area contributed by atoms with Crippen LogP contribution in [0.2, 0.25) is 0 Å². The third kappa shape index (κ3) is 2.98. The third-order valence-electron chi connectivity index (χ3n) is 2.61. The van der Waals surface area contributed by atoms with Crippen molar-refractivity contribution in [1.82, 2.24) is 10.6 Å². The molecule has 2 heterocycles. The number of alkyl halides is 1. The van der Waals surface area contributed by atoms with Gasteiger partial charge in [0, 0.05) is 15.9 Å². The van der Waals surface area contributed by atoms with Gasteiger partial charge in [-0.15, -0.1) is 11.3 Å². The molecule has 7 heteroatoms. The van der Waals surface area contributed by atoms with Crippen LogP contribution in [0.25, 0.3) is 0 Å². The molecule has 0 saturated heterocycles. The first-order chi connectivity index (χ1) is 9.17. The van der Waals surface area contributed by atoms with Crippen molar-refractivity contribution >= 4 is 39.3 Å². The van der Waals surface area contributed by atoms with Gasteiger partial charge in [0.2, 0.25) is 0 Å². The Bertz CT molecular complexity index is 513. The Labute approximate surface area is 123 Å². The van der Waals surface area contributed by atoms with Gasteiger partial charge in [0.25, 0.3) is 0 Å². The number of allylic oxidation sites excluding steroid dienone is 1. The van der Waals surface area contributed by atoms with Crippen molar-refractivity contribution in [3.63, 3.8) is 0 Å². The number of urea groups is 1. The molecule has 0 aliphatic carbocycles. The lowest BCUT2D eigenvalue weighted by Crippen LogP contribution is -2.46. The zero-order chi connectivity index (χ0) is 13.8. The molecule has 1 aliphatic heterocycles. The second-order valence-electron chi connectivity index (χ2n) is 3.79. The Morgan fingerprint density at radius 1 is 1.58 bits per heavy atom. The summed E-state index contributed by atoms with van der Waals surface area (Å²) in [5.74, 6) is -0.414. The van der Waals surface area contributed by atoms with E-state index in [1.54, 1.807) is 6.92 Å². The number of hydrogen-bond donors (Lipinski definition) is 2. The highest BCUT2D eigenvalue weighted by molar-refractivity contribution is 9.09. The van der Waals surface area contributed by atoms with Gasteiger partial charge in [-0.1, -0.05) is 22.0 Å². The summed E-state index contributed by atoms with van der Waals surface area (Å²) in [5, 5.41) is 7.68. The summed E-state index contributed by atoms with van der Waals surface area (Å²) in [6, 6.07) is 2.98. The van der Waals surface area contributed by atoms with E-state index in [4.69, 9.17) is 4.74 Å². The SMILES string of the molecule is CCOC(=O)C1=C(CBr)NC(=O)NC1c1cccs1. The first kappa shape index (κ1) is 14.1. The molecule has 0 radical (unpaired) electrons. The van der Waals surface area contributed by atoms with Gasteiger partial charge in [0.15, 0.2) is 0 Å². The molecular formula is C12H13BrN2O3S. The first-order valence-corrected chi connectivity index (χ1v) is 7.74. The number of hydrogen-bond acceptors (Lipinski definition) is 4. The van der Waals surface area contributed by atoms with Crippen molar-refractivity contribution in [3.05, 3.63) is 33.7 Å². The molecule has 0 aromatic carbocycles. The van der Waals surface area contributed by atoms with Crippen LogP contribution in [0.4, 0.5) is 4.79 Å². The van der Waals surface area contributed by atoms with E-state index in [2.05, 4.69) is 26.6 Å². The van der Waals surface area contributed by atoms with Crippen LogP contribution >= 0.6 is 27.3 Å². The van der Waals surface area contributed by atoms with Crippen molar-refractivity contribution in [1.29, 1.82) is 0 Å². The largest absolute Gasteiger partial charge is 0.463 e. The maximum atomic E-state index is 12.1. The molecule has 19 heavy (non-hydrogen) atoms. The predicted octanol–water partition coefficient (Wildman–Crippen LogP) is 2.31. The molecule has 1 aromatic rings. The van der Waals surface area contributed by atoms with E-state index < -0.39 is 12.0 Å². The van der Waals surface area contributed by atoms with Crippen molar-refractivity contribution in [3.8, 4) is 0 Å².